The van der Waals surface area contributed by atoms with Gasteiger partial charge in [0, 0.05) is 62.4 Å². The predicted octanol–water partition coefficient (Wildman–Crippen LogP) is 3.93. The first-order valence-corrected chi connectivity index (χ1v) is 35.8. The molecule has 4 fully saturated rings. The zero-order chi connectivity index (χ0) is 73.3. The molecule has 0 aromatic heterocycles. The van der Waals surface area contributed by atoms with Gasteiger partial charge in [-0.25, -0.2) is 0 Å². The average molecular weight is 1370 g/mol. The number of ether oxygens (including phenoxy) is 1. The number of likely N-dealkylation sites (N-methyl/N-ethyl adjacent to an activating group) is 7. The molecule has 2 aliphatic heterocycles. The summed E-state index contributed by atoms with van der Waals surface area (Å²) in [6.45, 7) is 22.1. The number of carbonyl (C=O) groups is 12. The molecular weight excluding hydrogens is 1240 g/mol. The third-order valence-corrected chi connectivity index (χ3v) is 20.3. The van der Waals surface area contributed by atoms with E-state index in [0.29, 0.717) is 51.6 Å². The van der Waals surface area contributed by atoms with E-state index in [9.17, 15) is 43.5 Å². The minimum Gasteiger partial charge on any atom is -0.393 e. The van der Waals surface area contributed by atoms with Crippen molar-refractivity contribution >= 4 is 70.9 Å². The van der Waals surface area contributed by atoms with Crippen LogP contribution in [0.1, 0.15) is 199 Å². The van der Waals surface area contributed by atoms with Crippen molar-refractivity contribution in [1.29, 1.82) is 0 Å². The zero-order valence-corrected chi connectivity index (χ0v) is 62.5. The highest BCUT2D eigenvalue weighted by molar-refractivity contribution is 6.00. The molecule has 2 saturated heterocycles. The lowest BCUT2D eigenvalue weighted by Gasteiger charge is -2.42. The number of carbonyl (C=O) groups excluding carboxylic acids is 12. The highest BCUT2D eigenvalue weighted by atomic mass is 16.5. The normalized spacial score (nSPS) is 29.0. The zero-order valence-electron chi connectivity index (χ0n) is 62.5. The summed E-state index contributed by atoms with van der Waals surface area (Å²) in [5, 5.41) is 22.1. The number of aliphatic hydroxyl groups excluding tert-OH is 1. The van der Waals surface area contributed by atoms with E-state index in [1.807, 2.05) is 27.7 Å². The summed E-state index contributed by atoms with van der Waals surface area (Å²) < 4.78 is 6.15. The minimum atomic E-state index is -1.64. The van der Waals surface area contributed by atoms with Gasteiger partial charge < -0.3 is 70.3 Å². The monoisotopic (exact) mass is 1370 g/mol. The van der Waals surface area contributed by atoms with E-state index in [1.165, 1.54) is 85.7 Å². The SMILES string of the molecule is CC(C)C[C@H]1C(=O)N[C@@H](COC(C)(C)C)C(=O)N(C)[C@@H](C(C)C)C(=O)N[C@H](C(=O)N2CCCCC2)CC(=O)N(C)CC(=O)N(C)[C@@H](CC2CCCCC2)C(=O)N[C@@H](C(C)C)C(=O)N(C)[C@](C)(CC(C)C)C(=O)N[C@@H](CC2CCC(O)CC2)C(=O)N(C)CC(=O)N(C)[C@@H](C)C(=O)N1C. The maximum Gasteiger partial charge on any atom is 0.247 e. The molecule has 4 rings (SSSR count). The van der Waals surface area contributed by atoms with Crippen molar-refractivity contribution in [3.05, 3.63) is 0 Å². The predicted molar refractivity (Wildman–Crippen MR) is 369 cm³/mol. The van der Waals surface area contributed by atoms with Gasteiger partial charge >= 0.3 is 0 Å². The number of aliphatic hydroxyl groups is 1. The number of amides is 12. The Morgan fingerprint density at radius 1 is 0.557 bits per heavy atom. The van der Waals surface area contributed by atoms with E-state index in [-0.39, 0.29) is 56.0 Å². The second kappa shape index (κ2) is 37.1. The van der Waals surface area contributed by atoms with Crippen LogP contribution in [0, 0.1) is 35.5 Å². The van der Waals surface area contributed by atoms with Gasteiger partial charge in [-0.2, -0.15) is 0 Å². The number of nitrogens with zero attached hydrogens (tertiary/aromatic N) is 8. The Morgan fingerprint density at radius 3 is 1.65 bits per heavy atom. The summed E-state index contributed by atoms with van der Waals surface area (Å²) in [5.41, 5.74) is -2.47. The molecule has 26 nitrogen and oxygen atoms in total. The molecule has 0 radical (unpaired) electrons. The van der Waals surface area contributed by atoms with E-state index in [4.69, 9.17) is 4.74 Å². The largest absolute Gasteiger partial charge is 0.393 e. The van der Waals surface area contributed by atoms with Gasteiger partial charge in [0.1, 0.15) is 53.9 Å². The summed E-state index contributed by atoms with van der Waals surface area (Å²) >= 11 is 0. The summed E-state index contributed by atoms with van der Waals surface area (Å²) in [6, 6.07) is -10.2. The van der Waals surface area contributed by atoms with Gasteiger partial charge in [-0.1, -0.05) is 87.5 Å². The number of hydrogen-bond acceptors (Lipinski definition) is 14. The van der Waals surface area contributed by atoms with Crippen LogP contribution in [0.2, 0.25) is 0 Å². The van der Waals surface area contributed by atoms with Gasteiger partial charge in [-0.15, -0.1) is 0 Å². The minimum absolute atomic E-state index is 0.0405. The van der Waals surface area contributed by atoms with Crippen LogP contribution in [0.4, 0.5) is 0 Å². The quantitative estimate of drug-likeness (QED) is 0.175. The molecule has 0 aromatic rings. The lowest BCUT2D eigenvalue weighted by atomic mass is 9.82. The van der Waals surface area contributed by atoms with Gasteiger partial charge in [0.15, 0.2) is 0 Å². The first kappa shape index (κ1) is 83.0. The molecule has 0 aromatic carbocycles. The topological polar surface area (TPSA) is 308 Å². The van der Waals surface area contributed by atoms with Gasteiger partial charge in [-0.3, -0.25) is 57.5 Å². The van der Waals surface area contributed by atoms with Gasteiger partial charge in [0.25, 0.3) is 0 Å². The molecule has 2 saturated carbocycles. The second-order valence-electron chi connectivity index (χ2n) is 31.2. The van der Waals surface area contributed by atoms with Crippen LogP contribution in [-0.4, -0.2) is 263 Å². The van der Waals surface area contributed by atoms with Crippen molar-refractivity contribution in [1.82, 2.24) is 60.5 Å². The Morgan fingerprint density at radius 2 is 1.10 bits per heavy atom. The lowest BCUT2D eigenvalue weighted by molar-refractivity contribution is -0.152. The molecule has 2 aliphatic carbocycles. The van der Waals surface area contributed by atoms with Gasteiger partial charge in [0.05, 0.1) is 37.8 Å². The summed E-state index contributed by atoms with van der Waals surface area (Å²) in [5.74, 6) is -9.49. The second-order valence-corrected chi connectivity index (χ2v) is 31.2. The molecule has 5 N–H and O–H groups in total. The van der Waals surface area contributed by atoms with E-state index in [2.05, 4.69) is 21.3 Å². The number of nitrogens with one attached hydrogen (secondary N) is 4. The lowest BCUT2D eigenvalue weighted by Crippen LogP contribution is -2.65. The van der Waals surface area contributed by atoms with Gasteiger partial charge in [0.2, 0.25) is 70.9 Å². The van der Waals surface area contributed by atoms with E-state index in [1.54, 1.807) is 60.3 Å². The summed E-state index contributed by atoms with van der Waals surface area (Å²) in [4.78, 5) is 188. The van der Waals surface area contributed by atoms with Crippen LogP contribution in [0.3, 0.4) is 0 Å². The molecule has 552 valence electrons. The number of hydrogen-bond donors (Lipinski definition) is 5. The molecule has 9 atom stereocenters. The van der Waals surface area contributed by atoms with Crippen LogP contribution in [0.25, 0.3) is 0 Å². The number of piperidine rings is 1. The fraction of sp³-hybridized carbons (Fsp3) is 0.831. The van der Waals surface area contributed by atoms with Crippen molar-refractivity contribution in [3.63, 3.8) is 0 Å². The molecule has 2 heterocycles. The Hall–Kier alpha value is -6.44. The molecule has 4 aliphatic rings. The Bertz CT molecular complexity index is 2720. The van der Waals surface area contributed by atoms with Crippen molar-refractivity contribution in [2.45, 2.75) is 265 Å². The molecule has 0 bridgehead atoms. The Balaban J connectivity index is 1.91. The Kier molecular flexibility index (Phi) is 31.8. The Labute approximate surface area is 578 Å². The first-order chi connectivity index (χ1) is 45.1. The smallest absolute Gasteiger partial charge is 0.247 e. The van der Waals surface area contributed by atoms with Crippen molar-refractivity contribution in [2.24, 2.45) is 35.5 Å². The van der Waals surface area contributed by atoms with Crippen molar-refractivity contribution < 1.29 is 67.4 Å². The molecule has 97 heavy (non-hydrogen) atoms. The fourth-order valence-corrected chi connectivity index (χ4v) is 14.0. The number of rotatable bonds is 13. The van der Waals surface area contributed by atoms with Crippen LogP contribution in [0.5, 0.6) is 0 Å². The molecule has 26 heteroatoms. The van der Waals surface area contributed by atoms with Crippen molar-refractivity contribution in [2.75, 3.05) is 82.1 Å². The maximum atomic E-state index is 15.3. The third kappa shape index (κ3) is 23.6. The maximum absolute atomic E-state index is 15.3. The van der Waals surface area contributed by atoms with Crippen LogP contribution >= 0.6 is 0 Å². The standard InChI is InChI=1S/C71H124N12O14/c1-43(2)35-54-61(88)73-53(42-97-70(10,11)12)66(93)81(19)60(46(7)8)63(90)72-52(67(94)83-33-25-22-26-34-83)38-56(85)76(14)40-58(87)79(17)55(37-48-27-23-21-24-28-48)62(89)75-59(45(5)6)68(95)82(20)71(13,39-44(3)4)69(96)74-51(36-49-29-31-50(84)32-30-49)65(92)77(15)41-57(86)78(16)47(9)64(91)80(54)18/h43-55,59-60,84H,21-42H2,1-20H3,(H,72,90)(H,73,88)(H,74,96)(H,75,89)/t47-,49?,50?,51-,52-,53-,54-,55-,59-,60-,71+/m0/s1. The van der Waals surface area contributed by atoms with E-state index in [0.717, 1.165) is 43.4 Å². The third-order valence-electron chi connectivity index (χ3n) is 20.3. The average Bonchev–Trinajstić information content (AvgIpc) is 0.802. The molecule has 0 spiro atoms. The molecule has 0 unspecified atom stereocenters. The summed E-state index contributed by atoms with van der Waals surface area (Å²) in [7, 11) is 9.99. The fourth-order valence-electron chi connectivity index (χ4n) is 14.0. The highest BCUT2D eigenvalue weighted by Gasteiger charge is 2.47. The number of likely N-dealkylation sites (tertiary alicyclic amines) is 1. The van der Waals surface area contributed by atoms with Gasteiger partial charge in [-0.05, 0) is 141 Å². The molecule has 12 amide bonds. The molecular formula is C71H124N12O14. The first-order valence-electron chi connectivity index (χ1n) is 35.8. The highest BCUT2D eigenvalue weighted by Crippen LogP contribution is 2.32. The van der Waals surface area contributed by atoms with Crippen LogP contribution in [0.15, 0.2) is 0 Å². The summed E-state index contributed by atoms with van der Waals surface area (Å²) in [6.07, 6.45) is 8.31. The van der Waals surface area contributed by atoms with Crippen LogP contribution < -0.4 is 21.3 Å². The van der Waals surface area contributed by atoms with Crippen molar-refractivity contribution in [3.8, 4) is 0 Å². The van der Waals surface area contributed by atoms with Crippen LogP contribution in [-0.2, 0) is 62.3 Å². The van der Waals surface area contributed by atoms with E-state index >= 15 is 19.2 Å². The van der Waals surface area contributed by atoms with E-state index < -0.39 is 168 Å².